The van der Waals surface area contributed by atoms with Gasteiger partial charge in [-0.3, -0.25) is 0 Å². The Bertz CT molecular complexity index is 1360. The van der Waals surface area contributed by atoms with Crippen molar-refractivity contribution < 1.29 is 36.9 Å². The molecule has 10 nitrogen and oxygen atoms in total. The van der Waals surface area contributed by atoms with E-state index >= 15 is 0 Å². The zero-order chi connectivity index (χ0) is 25.9. The summed E-state index contributed by atoms with van der Waals surface area (Å²) >= 11 is 0. The van der Waals surface area contributed by atoms with E-state index in [1.807, 2.05) is 0 Å². The van der Waals surface area contributed by atoms with Crippen molar-refractivity contribution in [1.29, 1.82) is 0 Å². The van der Waals surface area contributed by atoms with Crippen LogP contribution in [0.2, 0.25) is 0 Å². The highest BCUT2D eigenvalue weighted by Crippen LogP contribution is 2.40. The summed E-state index contributed by atoms with van der Waals surface area (Å²) < 4.78 is 58.2. The van der Waals surface area contributed by atoms with Crippen LogP contribution in [-0.4, -0.2) is 48.3 Å². The molecule has 36 heavy (non-hydrogen) atoms. The minimum atomic E-state index is -4.79. The zero-order valence-corrected chi connectivity index (χ0v) is 19.2. The predicted molar refractivity (Wildman–Crippen MR) is 124 cm³/mol. The quantitative estimate of drug-likeness (QED) is 0.367. The number of benzene rings is 2. The lowest BCUT2D eigenvalue weighted by atomic mass is 10.1. The van der Waals surface area contributed by atoms with Gasteiger partial charge in [0.15, 0.2) is 23.0 Å². The Morgan fingerprint density at radius 3 is 2.08 bits per heavy atom. The number of aromatic nitrogens is 3. The highest BCUT2D eigenvalue weighted by atomic mass is 19.4. The lowest BCUT2D eigenvalue weighted by molar-refractivity contribution is -0.274. The predicted octanol–water partition coefficient (Wildman–Crippen LogP) is 4.96. The van der Waals surface area contributed by atoms with Crippen LogP contribution in [0.15, 0.2) is 54.7 Å². The van der Waals surface area contributed by atoms with Gasteiger partial charge in [0.2, 0.25) is 5.75 Å². The summed E-state index contributed by atoms with van der Waals surface area (Å²) in [6.07, 6.45) is -3.23. The molecule has 0 aliphatic heterocycles. The van der Waals surface area contributed by atoms with E-state index in [0.717, 1.165) is 12.1 Å². The third-order valence-electron chi connectivity index (χ3n) is 4.86. The maximum absolute atomic E-state index is 12.3. The van der Waals surface area contributed by atoms with Crippen molar-refractivity contribution in [2.45, 2.75) is 6.36 Å². The summed E-state index contributed by atoms with van der Waals surface area (Å²) in [5, 5.41) is 9.61. The molecular weight excluding hydrogens is 483 g/mol. The summed E-state index contributed by atoms with van der Waals surface area (Å²) in [7, 11) is 4.52. The maximum atomic E-state index is 12.3. The molecule has 2 aromatic carbocycles. The summed E-state index contributed by atoms with van der Waals surface area (Å²) in [6.45, 7) is 0. The van der Waals surface area contributed by atoms with E-state index in [9.17, 15) is 18.0 Å². The van der Waals surface area contributed by atoms with Gasteiger partial charge in [-0.1, -0.05) is 0 Å². The number of rotatable bonds is 7. The largest absolute Gasteiger partial charge is 0.573 e. The second-order valence-electron chi connectivity index (χ2n) is 7.22. The number of nitrogens with zero attached hydrogens (tertiary/aromatic N) is 3. The second-order valence-corrected chi connectivity index (χ2v) is 7.22. The molecular formula is C23H20F3N5O5. The molecule has 0 saturated heterocycles. The number of ether oxygens (including phenoxy) is 4. The zero-order valence-electron chi connectivity index (χ0n) is 19.2. The number of alkyl halides is 3. The molecule has 0 unspecified atom stereocenters. The van der Waals surface area contributed by atoms with Crippen molar-refractivity contribution in [2.75, 3.05) is 32.0 Å². The molecule has 2 N–H and O–H groups in total. The molecule has 2 amide bonds. The molecule has 0 aliphatic carbocycles. The van der Waals surface area contributed by atoms with Crippen molar-refractivity contribution in [1.82, 2.24) is 14.6 Å². The highest BCUT2D eigenvalue weighted by Gasteiger charge is 2.31. The number of carbonyl (C=O) groups excluding carboxylic acids is 1. The normalized spacial score (nSPS) is 11.2. The van der Waals surface area contributed by atoms with Gasteiger partial charge in [0.05, 0.1) is 33.2 Å². The van der Waals surface area contributed by atoms with Gasteiger partial charge in [0, 0.05) is 11.3 Å². The summed E-state index contributed by atoms with van der Waals surface area (Å²) in [5.74, 6) is 1.32. The molecule has 0 saturated carbocycles. The fourth-order valence-electron chi connectivity index (χ4n) is 3.32. The molecule has 188 valence electrons. The first-order valence-corrected chi connectivity index (χ1v) is 10.3. The van der Waals surface area contributed by atoms with Crippen molar-refractivity contribution in [3.8, 4) is 34.4 Å². The molecule has 0 aliphatic rings. The third kappa shape index (κ3) is 5.51. The molecule has 0 fully saturated rings. The van der Waals surface area contributed by atoms with Crippen LogP contribution >= 0.6 is 0 Å². The molecule has 2 heterocycles. The molecule has 0 atom stereocenters. The van der Waals surface area contributed by atoms with Gasteiger partial charge in [-0.05, 0) is 48.5 Å². The Balaban J connectivity index is 1.49. The highest BCUT2D eigenvalue weighted by molar-refractivity contribution is 5.99. The van der Waals surface area contributed by atoms with Crippen LogP contribution in [0.25, 0.3) is 17.0 Å². The summed E-state index contributed by atoms with van der Waals surface area (Å²) in [5.41, 5.74) is 1.82. The van der Waals surface area contributed by atoms with Gasteiger partial charge in [0.25, 0.3) is 0 Å². The Kier molecular flexibility index (Phi) is 6.72. The van der Waals surface area contributed by atoms with Crippen molar-refractivity contribution in [3.05, 3.63) is 54.7 Å². The average Bonchev–Trinajstić information content (AvgIpc) is 3.26. The number of fused-ring (bicyclic) bond motifs is 1. The number of hydrogen-bond acceptors (Lipinski definition) is 7. The van der Waals surface area contributed by atoms with Crippen LogP contribution in [0.3, 0.4) is 0 Å². The number of pyridine rings is 1. The van der Waals surface area contributed by atoms with E-state index in [0.29, 0.717) is 40.0 Å². The first-order valence-electron chi connectivity index (χ1n) is 10.3. The van der Waals surface area contributed by atoms with Crippen molar-refractivity contribution >= 4 is 23.1 Å². The van der Waals surface area contributed by atoms with E-state index in [1.54, 1.807) is 30.5 Å². The Labute approximate surface area is 202 Å². The van der Waals surface area contributed by atoms with E-state index in [1.165, 1.54) is 38.0 Å². The summed E-state index contributed by atoms with van der Waals surface area (Å²) in [6, 6.07) is 10.9. The van der Waals surface area contributed by atoms with E-state index in [4.69, 9.17) is 14.2 Å². The van der Waals surface area contributed by atoms with Gasteiger partial charge >= 0.3 is 12.4 Å². The first kappa shape index (κ1) is 24.4. The molecule has 0 bridgehead atoms. The first-order chi connectivity index (χ1) is 17.2. The number of nitrogens with one attached hydrogen (secondary N) is 2. The lowest BCUT2D eigenvalue weighted by Crippen LogP contribution is -2.20. The van der Waals surface area contributed by atoms with Crippen LogP contribution in [0.5, 0.6) is 23.0 Å². The minimum Gasteiger partial charge on any atom is -0.493 e. The van der Waals surface area contributed by atoms with Crippen LogP contribution in [0.4, 0.5) is 29.3 Å². The smallest absolute Gasteiger partial charge is 0.493 e. The number of halogens is 3. The Hall–Kier alpha value is -4.68. The fraction of sp³-hybridized carbons (Fsp3) is 0.174. The lowest BCUT2D eigenvalue weighted by Gasteiger charge is -2.12. The second kappa shape index (κ2) is 9.90. The molecule has 0 spiro atoms. The van der Waals surface area contributed by atoms with E-state index in [2.05, 4.69) is 25.5 Å². The van der Waals surface area contributed by atoms with Crippen LogP contribution < -0.4 is 29.6 Å². The number of methoxy groups -OCH3 is 3. The van der Waals surface area contributed by atoms with Crippen LogP contribution in [0, 0.1) is 0 Å². The molecule has 4 aromatic rings. The van der Waals surface area contributed by atoms with Gasteiger partial charge < -0.3 is 29.6 Å². The standard InChI is InChI=1S/C23H20F3N5O5/c1-33-17-10-13(11-18(34-2)20(17)35-3)21-29-19-9-6-15(12-31(19)30-21)28-22(32)27-14-4-7-16(8-5-14)36-23(24,25)26/h4-12H,1-3H3,(H2,27,28,32). The van der Waals surface area contributed by atoms with Crippen LogP contribution in [-0.2, 0) is 0 Å². The molecule has 2 aromatic heterocycles. The molecule has 0 radical (unpaired) electrons. The summed E-state index contributed by atoms with van der Waals surface area (Å²) in [4.78, 5) is 16.8. The Morgan fingerprint density at radius 1 is 0.889 bits per heavy atom. The van der Waals surface area contributed by atoms with Gasteiger partial charge in [-0.25, -0.2) is 14.3 Å². The number of urea groups is 1. The van der Waals surface area contributed by atoms with E-state index < -0.39 is 18.1 Å². The van der Waals surface area contributed by atoms with Gasteiger partial charge in [-0.15, -0.1) is 18.3 Å². The molecule has 13 heteroatoms. The van der Waals surface area contributed by atoms with Gasteiger partial charge in [-0.2, -0.15) is 0 Å². The van der Waals surface area contributed by atoms with Gasteiger partial charge in [0.1, 0.15) is 5.75 Å². The van der Waals surface area contributed by atoms with Crippen LogP contribution in [0.1, 0.15) is 0 Å². The number of hydrogen-bond donors (Lipinski definition) is 2. The third-order valence-corrected chi connectivity index (χ3v) is 4.86. The molecule has 4 rings (SSSR count). The maximum Gasteiger partial charge on any atom is 0.573 e. The Morgan fingerprint density at radius 2 is 1.50 bits per heavy atom. The monoisotopic (exact) mass is 503 g/mol. The fourth-order valence-corrected chi connectivity index (χ4v) is 3.32. The SMILES string of the molecule is COc1cc(-c2nc3ccc(NC(=O)Nc4ccc(OC(F)(F)F)cc4)cn3n2)cc(OC)c1OC. The van der Waals surface area contributed by atoms with E-state index in [-0.39, 0.29) is 5.69 Å². The van der Waals surface area contributed by atoms with Crippen molar-refractivity contribution in [3.63, 3.8) is 0 Å². The number of amides is 2. The topological polar surface area (TPSA) is 108 Å². The average molecular weight is 503 g/mol. The number of carbonyl (C=O) groups is 1. The minimum absolute atomic E-state index is 0.272. The number of anilines is 2. The van der Waals surface area contributed by atoms with Crippen molar-refractivity contribution in [2.24, 2.45) is 0 Å².